The summed E-state index contributed by atoms with van der Waals surface area (Å²) in [6, 6.07) is 12.3. The number of benzene rings is 1. The summed E-state index contributed by atoms with van der Waals surface area (Å²) in [5.41, 5.74) is 6.32. The number of pyridine rings is 1. The van der Waals surface area contributed by atoms with E-state index in [9.17, 15) is 4.79 Å². The standard InChI is InChI=1S/C21H20N4O2/c1-13-20(14(2)27-24-13)17-9-19-21(22-10-17)18(23-15(3)26)12-25(19)11-16-7-5-4-6-8-16/h4-10,12H,11H2,1-3H3,(H,23,26). The van der Waals surface area contributed by atoms with Crippen molar-refractivity contribution in [1.29, 1.82) is 0 Å². The van der Waals surface area contributed by atoms with Crippen molar-refractivity contribution in [2.24, 2.45) is 0 Å². The van der Waals surface area contributed by atoms with Gasteiger partial charge in [-0.3, -0.25) is 9.78 Å². The number of amides is 1. The average molecular weight is 360 g/mol. The van der Waals surface area contributed by atoms with E-state index >= 15 is 0 Å². The number of carbonyl (C=O) groups is 1. The zero-order chi connectivity index (χ0) is 19.0. The highest BCUT2D eigenvalue weighted by Gasteiger charge is 2.16. The Morgan fingerprint density at radius 1 is 1.22 bits per heavy atom. The molecule has 6 heteroatoms. The van der Waals surface area contributed by atoms with Crippen LogP contribution in [0.5, 0.6) is 0 Å². The first-order valence-corrected chi connectivity index (χ1v) is 8.76. The number of carbonyl (C=O) groups excluding carboxylic acids is 1. The lowest BCUT2D eigenvalue weighted by atomic mass is 10.1. The average Bonchev–Trinajstić information content (AvgIpc) is 3.15. The number of aromatic nitrogens is 3. The fourth-order valence-electron chi connectivity index (χ4n) is 3.39. The van der Waals surface area contributed by atoms with Crippen LogP contribution in [0.3, 0.4) is 0 Å². The molecule has 1 aromatic carbocycles. The van der Waals surface area contributed by atoms with Crippen molar-refractivity contribution in [3.8, 4) is 11.1 Å². The molecule has 3 heterocycles. The predicted octanol–water partition coefficient (Wildman–Crippen LogP) is 4.31. The Morgan fingerprint density at radius 3 is 2.67 bits per heavy atom. The molecule has 0 saturated heterocycles. The maximum Gasteiger partial charge on any atom is 0.221 e. The lowest BCUT2D eigenvalue weighted by Gasteiger charge is -2.07. The first kappa shape index (κ1) is 17.0. The van der Waals surface area contributed by atoms with E-state index in [-0.39, 0.29) is 5.91 Å². The molecular weight excluding hydrogens is 340 g/mol. The Bertz CT molecular complexity index is 1110. The molecule has 0 aliphatic heterocycles. The number of aryl methyl sites for hydroxylation is 2. The second kappa shape index (κ2) is 6.72. The largest absolute Gasteiger partial charge is 0.361 e. The summed E-state index contributed by atoms with van der Waals surface area (Å²) >= 11 is 0. The highest BCUT2D eigenvalue weighted by atomic mass is 16.5. The summed E-state index contributed by atoms with van der Waals surface area (Å²) in [7, 11) is 0. The monoisotopic (exact) mass is 360 g/mol. The number of rotatable bonds is 4. The van der Waals surface area contributed by atoms with Gasteiger partial charge in [0.05, 0.1) is 16.9 Å². The molecule has 0 radical (unpaired) electrons. The number of hydrogen-bond acceptors (Lipinski definition) is 4. The third kappa shape index (κ3) is 3.21. The van der Waals surface area contributed by atoms with Gasteiger partial charge in [-0.25, -0.2) is 0 Å². The molecule has 136 valence electrons. The van der Waals surface area contributed by atoms with Gasteiger partial charge in [0.2, 0.25) is 5.91 Å². The van der Waals surface area contributed by atoms with Gasteiger partial charge in [-0.2, -0.15) is 0 Å². The summed E-state index contributed by atoms with van der Waals surface area (Å²) in [6.45, 7) is 6.00. The van der Waals surface area contributed by atoms with Crippen molar-refractivity contribution < 1.29 is 9.32 Å². The summed E-state index contributed by atoms with van der Waals surface area (Å²) in [5.74, 6) is 0.641. The molecule has 0 aliphatic carbocycles. The molecule has 4 aromatic rings. The van der Waals surface area contributed by atoms with E-state index in [1.807, 2.05) is 38.2 Å². The van der Waals surface area contributed by atoms with Crippen LogP contribution in [-0.2, 0) is 11.3 Å². The quantitative estimate of drug-likeness (QED) is 0.588. The van der Waals surface area contributed by atoms with Crippen molar-refractivity contribution in [3.63, 3.8) is 0 Å². The van der Waals surface area contributed by atoms with Gasteiger partial charge in [-0.1, -0.05) is 35.5 Å². The normalized spacial score (nSPS) is 11.1. The molecule has 1 N–H and O–H groups in total. The van der Waals surface area contributed by atoms with Crippen molar-refractivity contribution in [3.05, 3.63) is 65.8 Å². The lowest BCUT2D eigenvalue weighted by molar-refractivity contribution is -0.114. The molecule has 4 rings (SSSR count). The molecule has 1 amide bonds. The highest BCUT2D eigenvalue weighted by Crippen LogP contribution is 2.32. The Kier molecular flexibility index (Phi) is 4.24. The second-order valence-corrected chi connectivity index (χ2v) is 6.63. The third-order valence-electron chi connectivity index (χ3n) is 4.55. The van der Waals surface area contributed by atoms with Crippen LogP contribution in [0.15, 0.2) is 53.3 Å². The molecular formula is C21H20N4O2. The first-order chi connectivity index (χ1) is 13.0. The maximum atomic E-state index is 11.6. The van der Waals surface area contributed by atoms with Crippen molar-refractivity contribution >= 4 is 22.6 Å². The summed E-state index contributed by atoms with van der Waals surface area (Å²) in [4.78, 5) is 16.2. The molecule has 27 heavy (non-hydrogen) atoms. The van der Waals surface area contributed by atoms with E-state index in [1.54, 1.807) is 6.20 Å². The van der Waals surface area contributed by atoms with E-state index in [0.717, 1.165) is 33.6 Å². The molecule has 3 aromatic heterocycles. The number of nitrogens with one attached hydrogen (secondary N) is 1. The van der Waals surface area contributed by atoms with E-state index in [4.69, 9.17) is 4.52 Å². The van der Waals surface area contributed by atoms with Gasteiger partial charge in [-0.15, -0.1) is 0 Å². The number of fused-ring (bicyclic) bond motifs is 1. The molecule has 0 spiro atoms. The Morgan fingerprint density at radius 2 is 2.00 bits per heavy atom. The second-order valence-electron chi connectivity index (χ2n) is 6.63. The van der Waals surface area contributed by atoms with Gasteiger partial charge in [0.15, 0.2) is 0 Å². The summed E-state index contributed by atoms with van der Waals surface area (Å²) in [5, 5.41) is 6.92. The van der Waals surface area contributed by atoms with Crippen molar-refractivity contribution in [1.82, 2.24) is 14.7 Å². The number of anilines is 1. The SMILES string of the molecule is CC(=O)Nc1cn(Cc2ccccc2)c2cc(-c3c(C)noc3C)cnc12. The molecule has 0 fully saturated rings. The van der Waals surface area contributed by atoms with Crippen LogP contribution in [0.1, 0.15) is 23.9 Å². The van der Waals surface area contributed by atoms with Crippen LogP contribution in [0.2, 0.25) is 0 Å². The van der Waals surface area contributed by atoms with Gasteiger partial charge in [0.25, 0.3) is 0 Å². The number of hydrogen-bond donors (Lipinski definition) is 1. The minimum Gasteiger partial charge on any atom is -0.361 e. The zero-order valence-electron chi connectivity index (χ0n) is 15.5. The number of nitrogens with zero attached hydrogens (tertiary/aromatic N) is 3. The van der Waals surface area contributed by atoms with Gasteiger partial charge >= 0.3 is 0 Å². The third-order valence-corrected chi connectivity index (χ3v) is 4.55. The van der Waals surface area contributed by atoms with Gasteiger partial charge in [0, 0.05) is 37.0 Å². The predicted molar refractivity (Wildman–Crippen MR) is 105 cm³/mol. The van der Waals surface area contributed by atoms with Crippen LogP contribution in [0.4, 0.5) is 5.69 Å². The molecule has 0 atom stereocenters. The van der Waals surface area contributed by atoms with Crippen molar-refractivity contribution in [2.45, 2.75) is 27.3 Å². The van der Waals surface area contributed by atoms with Crippen molar-refractivity contribution in [2.75, 3.05) is 5.32 Å². The fourth-order valence-corrected chi connectivity index (χ4v) is 3.39. The van der Waals surface area contributed by atoms with E-state index in [2.05, 4.69) is 38.2 Å². The van der Waals surface area contributed by atoms with Gasteiger partial charge in [-0.05, 0) is 25.5 Å². The first-order valence-electron chi connectivity index (χ1n) is 8.76. The van der Waals surface area contributed by atoms with Gasteiger partial charge in [0.1, 0.15) is 11.3 Å². The molecule has 0 bridgehead atoms. The molecule has 0 unspecified atom stereocenters. The summed E-state index contributed by atoms with van der Waals surface area (Å²) in [6.07, 6.45) is 3.73. The minimum absolute atomic E-state index is 0.120. The molecule has 0 saturated carbocycles. The lowest BCUT2D eigenvalue weighted by Crippen LogP contribution is -2.05. The van der Waals surface area contributed by atoms with E-state index in [0.29, 0.717) is 12.2 Å². The fraction of sp³-hybridized carbons (Fsp3) is 0.190. The Labute approximate surface area is 156 Å². The van der Waals surface area contributed by atoms with Gasteiger partial charge < -0.3 is 14.4 Å². The molecule has 0 aliphatic rings. The minimum atomic E-state index is -0.120. The summed E-state index contributed by atoms with van der Waals surface area (Å²) < 4.78 is 7.41. The Hall–Kier alpha value is -3.41. The van der Waals surface area contributed by atoms with Crippen LogP contribution in [0, 0.1) is 13.8 Å². The highest BCUT2D eigenvalue weighted by molar-refractivity contribution is 6.00. The topological polar surface area (TPSA) is 73.0 Å². The zero-order valence-corrected chi connectivity index (χ0v) is 15.5. The van der Waals surface area contributed by atoms with E-state index in [1.165, 1.54) is 12.5 Å². The van der Waals surface area contributed by atoms with Crippen LogP contribution < -0.4 is 5.32 Å². The molecule has 6 nitrogen and oxygen atoms in total. The smallest absolute Gasteiger partial charge is 0.221 e. The van der Waals surface area contributed by atoms with Crippen LogP contribution in [0.25, 0.3) is 22.2 Å². The Balaban J connectivity index is 1.87. The maximum absolute atomic E-state index is 11.6. The van der Waals surface area contributed by atoms with Crippen LogP contribution in [-0.4, -0.2) is 20.6 Å². The van der Waals surface area contributed by atoms with E-state index < -0.39 is 0 Å². The van der Waals surface area contributed by atoms with Crippen LogP contribution >= 0.6 is 0 Å².